The van der Waals surface area contributed by atoms with Gasteiger partial charge in [0.25, 0.3) is 0 Å². The van der Waals surface area contributed by atoms with Gasteiger partial charge in [-0.15, -0.1) is 0 Å². The Kier molecular flexibility index (Phi) is 6.41. The zero-order chi connectivity index (χ0) is 25.7. The van der Waals surface area contributed by atoms with Gasteiger partial charge in [0.05, 0.1) is 23.4 Å². The maximum atomic E-state index is 13.6. The quantitative estimate of drug-likeness (QED) is 0.402. The number of rotatable bonds is 4. The van der Waals surface area contributed by atoms with Crippen molar-refractivity contribution in [2.75, 3.05) is 7.11 Å². The minimum Gasteiger partial charge on any atom is -0.467 e. The summed E-state index contributed by atoms with van der Waals surface area (Å²) in [5.41, 5.74) is 6.36. The van der Waals surface area contributed by atoms with Gasteiger partial charge in [-0.05, 0) is 74.9 Å². The van der Waals surface area contributed by atoms with Crippen LogP contribution in [0.1, 0.15) is 54.7 Å². The largest absolute Gasteiger partial charge is 0.467 e. The summed E-state index contributed by atoms with van der Waals surface area (Å²) in [6.45, 7) is 11.3. The van der Waals surface area contributed by atoms with Crippen molar-refractivity contribution in [1.82, 2.24) is 0 Å². The molecule has 3 aromatic carbocycles. The fraction of sp³-hybridized carbons (Fsp3) is 0.345. The van der Waals surface area contributed by atoms with Crippen molar-refractivity contribution >= 4 is 15.8 Å². The van der Waals surface area contributed by atoms with Crippen molar-refractivity contribution in [2.24, 2.45) is 0 Å². The summed E-state index contributed by atoms with van der Waals surface area (Å²) in [5, 5.41) is 0. The standard InChI is InChI=1S/C29H32O5S/c1-17-12-14-20(15-13-17)23-18(2)24-22-11-9-8-10-21(22)16-35(31,32)27(24)19(3)25(23)26(28(30)33-7)34-29(4,5)6/h8-15,26H,16H2,1-7H3/t26-/m0/s1. The lowest BCUT2D eigenvalue weighted by Crippen LogP contribution is -2.30. The first-order valence-corrected chi connectivity index (χ1v) is 13.3. The van der Waals surface area contributed by atoms with Gasteiger partial charge in [-0.25, -0.2) is 13.2 Å². The monoisotopic (exact) mass is 492 g/mol. The molecule has 0 radical (unpaired) electrons. The third kappa shape index (κ3) is 4.53. The van der Waals surface area contributed by atoms with Crippen LogP contribution in [0.25, 0.3) is 22.3 Å². The zero-order valence-electron chi connectivity index (χ0n) is 21.4. The lowest BCUT2D eigenvalue weighted by atomic mass is 9.82. The molecule has 0 saturated heterocycles. The average molecular weight is 493 g/mol. The Balaban J connectivity index is 2.19. The molecule has 35 heavy (non-hydrogen) atoms. The van der Waals surface area contributed by atoms with E-state index in [1.807, 2.05) is 83.1 Å². The minimum atomic E-state index is -3.65. The fourth-order valence-corrected chi connectivity index (χ4v) is 6.94. The Labute approximate surface area is 208 Å². The van der Waals surface area contributed by atoms with E-state index in [1.165, 1.54) is 7.11 Å². The molecular formula is C29H32O5S. The second-order valence-corrected chi connectivity index (χ2v) is 12.1. The molecule has 0 unspecified atom stereocenters. The van der Waals surface area contributed by atoms with Crippen LogP contribution in [-0.2, 0) is 29.9 Å². The molecule has 6 heteroatoms. The first-order chi connectivity index (χ1) is 16.4. The highest BCUT2D eigenvalue weighted by molar-refractivity contribution is 7.91. The highest BCUT2D eigenvalue weighted by atomic mass is 32.2. The van der Waals surface area contributed by atoms with Gasteiger partial charge >= 0.3 is 5.97 Å². The Morgan fingerprint density at radius 1 is 0.914 bits per heavy atom. The van der Waals surface area contributed by atoms with E-state index < -0.39 is 27.5 Å². The summed E-state index contributed by atoms with van der Waals surface area (Å²) in [4.78, 5) is 13.4. The Morgan fingerprint density at radius 2 is 1.54 bits per heavy atom. The van der Waals surface area contributed by atoms with Gasteiger partial charge in [-0.1, -0.05) is 54.1 Å². The number of carbonyl (C=O) groups is 1. The Bertz CT molecular complexity index is 1410. The SMILES string of the molecule is COC(=O)[C@@H](OC(C)(C)C)c1c(C)c2c(c(C)c1-c1ccc(C)cc1)-c1ccccc1CS2(=O)=O. The number of hydrogen-bond donors (Lipinski definition) is 0. The molecule has 1 aliphatic heterocycles. The van der Waals surface area contributed by atoms with Crippen LogP contribution in [0.5, 0.6) is 0 Å². The molecule has 184 valence electrons. The molecule has 0 aromatic heterocycles. The molecule has 0 N–H and O–H groups in total. The smallest absolute Gasteiger partial charge is 0.339 e. The lowest BCUT2D eigenvalue weighted by molar-refractivity contribution is -0.164. The Morgan fingerprint density at radius 3 is 2.14 bits per heavy atom. The van der Waals surface area contributed by atoms with Gasteiger partial charge in [-0.3, -0.25) is 0 Å². The maximum absolute atomic E-state index is 13.6. The number of aryl methyl sites for hydroxylation is 1. The number of methoxy groups -OCH3 is 1. The highest BCUT2D eigenvalue weighted by Gasteiger charge is 2.39. The van der Waals surface area contributed by atoms with E-state index in [0.717, 1.165) is 33.4 Å². The number of benzene rings is 3. The van der Waals surface area contributed by atoms with E-state index >= 15 is 0 Å². The van der Waals surface area contributed by atoms with Crippen molar-refractivity contribution in [3.63, 3.8) is 0 Å². The van der Waals surface area contributed by atoms with E-state index in [1.54, 1.807) is 6.92 Å². The van der Waals surface area contributed by atoms with Crippen LogP contribution in [0.3, 0.4) is 0 Å². The third-order valence-electron chi connectivity index (χ3n) is 6.42. The van der Waals surface area contributed by atoms with Crippen LogP contribution >= 0.6 is 0 Å². The lowest BCUT2D eigenvalue weighted by Gasteiger charge is -2.33. The Hall–Kier alpha value is -2.96. The molecule has 0 spiro atoms. The van der Waals surface area contributed by atoms with Gasteiger partial charge in [0.2, 0.25) is 0 Å². The summed E-state index contributed by atoms with van der Waals surface area (Å²) in [5.74, 6) is -0.646. The molecule has 0 bridgehead atoms. The van der Waals surface area contributed by atoms with Crippen LogP contribution in [-0.4, -0.2) is 27.1 Å². The maximum Gasteiger partial charge on any atom is 0.339 e. The van der Waals surface area contributed by atoms with Crippen molar-refractivity contribution in [3.8, 4) is 22.3 Å². The molecule has 0 fully saturated rings. The van der Waals surface area contributed by atoms with Gasteiger partial charge < -0.3 is 9.47 Å². The fourth-order valence-electron chi connectivity index (χ4n) is 4.98. The van der Waals surface area contributed by atoms with E-state index in [-0.39, 0.29) is 10.6 Å². The van der Waals surface area contributed by atoms with Crippen molar-refractivity contribution in [2.45, 2.75) is 63.9 Å². The van der Waals surface area contributed by atoms with Gasteiger partial charge in [-0.2, -0.15) is 0 Å². The highest BCUT2D eigenvalue weighted by Crippen LogP contribution is 2.49. The van der Waals surface area contributed by atoms with Crippen molar-refractivity contribution in [1.29, 1.82) is 0 Å². The molecule has 0 saturated carbocycles. The normalized spacial score (nSPS) is 15.2. The number of hydrogen-bond acceptors (Lipinski definition) is 5. The number of sulfone groups is 1. The topological polar surface area (TPSA) is 69.7 Å². The number of carbonyl (C=O) groups excluding carboxylic acids is 1. The zero-order valence-corrected chi connectivity index (χ0v) is 22.2. The summed E-state index contributed by atoms with van der Waals surface area (Å²) < 4.78 is 38.7. The predicted octanol–water partition coefficient (Wildman–Crippen LogP) is 6.26. The summed E-state index contributed by atoms with van der Waals surface area (Å²) in [7, 11) is -2.33. The number of fused-ring (bicyclic) bond motifs is 3. The molecule has 3 aromatic rings. The summed E-state index contributed by atoms with van der Waals surface area (Å²) in [6.07, 6.45) is -1.09. The van der Waals surface area contributed by atoms with E-state index in [2.05, 4.69) is 0 Å². The molecule has 1 heterocycles. The summed E-state index contributed by atoms with van der Waals surface area (Å²) >= 11 is 0. The van der Waals surface area contributed by atoms with Crippen molar-refractivity contribution in [3.05, 3.63) is 76.3 Å². The van der Waals surface area contributed by atoms with Crippen molar-refractivity contribution < 1.29 is 22.7 Å². The molecule has 4 rings (SSSR count). The first-order valence-electron chi connectivity index (χ1n) is 11.7. The first kappa shape index (κ1) is 25.1. The second-order valence-electron chi connectivity index (χ2n) is 10.2. The van der Waals surface area contributed by atoms with Crippen LogP contribution in [0, 0.1) is 20.8 Å². The van der Waals surface area contributed by atoms with Crippen LogP contribution < -0.4 is 0 Å². The van der Waals surface area contributed by atoms with E-state index in [9.17, 15) is 13.2 Å². The van der Waals surface area contributed by atoms with E-state index in [4.69, 9.17) is 9.47 Å². The molecule has 0 amide bonds. The number of ether oxygens (including phenoxy) is 2. The molecule has 0 aliphatic carbocycles. The van der Waals surface area contributed by atoms with Gasteiger partial charge in [0.15, 0.2) is 15.9 Å². The van der Waals surface area contributed by atoms with E-state index in [0.29, 0.717) is 16.7 Å². The second kappa shape index (κ2) is 8.92. The third-order valence-corrected chi connectivity index (χ3v) is 8.25. The number of esters is 1. The van der Waals surface area contributed by atoms with Gasteiger partial charge in [0, 0.05) is 11.1 Å². The van der Waals surface area contributed by atoms with Gasteiger partial charge in [0.1, 0.15) is 0 Å². The molecule has 1 atom stereocenters. The average Bonchev–Trinajstić information content (AvgIpc) is 2.78. The summed E-state index contributed by atoms with van der Waals surface area (Å²) in [6, 6.07) is 15.6. The predicted molar refractivity (Wildman–Crippen MR) is 138 cm³/mol. The van der Waals surface area contributed by atoms with Crippen LogP contribution in [0.2, 0.25) is 0 Å². The molecular weight excluding hydrogens is 460 g/mol. The minimum absolute atomic E-state index is 0.0806. The van der Waals surface area contributed by atoms with Crippen LogP contribution in [0.4, 0.5) is 0 Å². The molecule has 5 nitrogen and oxygen atoms in total. The molecule has 1 aliphatic rings. The van der Waals surface area contributed by atoms with Crippen LogP contribution in [0.15, 0.2) is 53.4 Å².